The SMILES string of the molecule is CCCNC(=O)[C@@H]1CC(=O)N(c2ccc(OCC(=O)N3[C@@H](C)CCC[C@@H]3C)cc2)C1. The number of anilines is 1. The molecule has 1 aromatic rings. The second-order valence-corrected chi connectivity index (χ2v) is 8.41. The molecule has 0 aromatic heterocycles. The number of nitrogens with zero attached hydrogens (tertiary/aromatic N) is 2. The second kappa shape index (κ2) is 9.96. The van der Waals surface area contributed by atoms with Crippen molar-refractivity contribution >= 4 is 23.4 Å². The Morgan fingerprint density at radius 2 is 1.80 bits per heavy atom. The molecule has 1 N–H and O–H groups in total. The maximum Gasteiger partial charge on any atom is 0.260 e. The van der Waals surface area contributed by atoms with Crippen LogP contribution in [0, 0.1) is 5.92 Å². The lowest BCUT2D eigenvalue weighted by molar-refractivity contribution is -0.139. The molecule has 3 amide bonds. The van der Waals surface area contributed by atoms with E-state index in [1.54, 1.807) is 29.2 Å². The van der Waals surface area contributed by atoms with Gasteiger partial charge in [0, 0.05) is 37.3 Å². The van der Waals surface area contributed by atoms with Crippen LogP contribution in [-0.4, -0.2) is 54.4 Å². The smallest absolute Gasteiger partial charge is 0.260 e. The summed E-state index contributed by atoms with van der Waals surface area (Å²) >= 11 is 0. The zero-order valence-corrected chi connectivity index (χ0v) is 18.2. The molecule has 0 radical (unpaired) electrons. The van der Waals surface area contributed by atoms with Crippen LogP contribution in [0.2, 0.25) is 0 Å². The standard InChI is InChI=1S/C23H33N3O4/c1-4-12-24-23(29)18-13-21(27)25(14-18)19-8-10-20(11-9-19)30-15-22(28)26-16(2)6-5-7-17(26)3/h8-11,16-18H,4-7,12-15H2,1-3H3,(H,24,29)/t16-,17-,18+/m0/s1. The summed E-state index contributed by atoms with van der Waals surface area (Å²) in [5, 5.41) is 2.86. The van der Waals surface area contributed by atoms with Crippen molar-refractivity contribution in [1.82, 2.24) is 10.2 Å². The Morgan fingerprint density at radius 3 is 2.43 bits per heavy atom. The monoisotopic (exact) mass is 415 g/mol. The third kappa shape index (κ3) is 5.12. The molecule has 0 aliphatic carbocycles. The number of carbonyl (C=O) groups is 3. The fourth-order valence-electron chi connectivity index (χ4n) is 4.38. The van der Waals surface area contributed by atoms with Crippen LogP contribution in [0.4, 0.5) is 5.69 Å². The Hall–Kier alpha value is -2.57. The van der Waals surface area contributed by atoms with Crippen LogP contribution in [0.5, 0.6) is 5.75 Å². The molecule has 7 nitrogen and oxygen atoms in total. The maximum absolute atomic E-state index is 12.6. The summed E-state index contributed by atoms with van der Waals surface area (Å²) in [6, 6.07) is 7.63. The first-order valence-corrected chi connectivity index (χ1v) is 11.0. The predicted octanol–water partition coefficient (Wildman–Crippen LogP) is 2.73. The Bertz CT molecular complexity index is 754. The number of likely N-dealkylation sites (tertiary alicyclic amines) is 1. The first-order valence-electron chi connectivity index (χ1n) is 11.0. The third-order valence-electron chi connectivity index (χ3n) is 6.04. The highest BCUT2D eigenvalue weighted by Gasteiger charge is 2.35. The van der Waals surface area contributed by atoms with Crippen molar-refractivity contribution in [2.24, 2.45) is 5.92 Å². The molecule has 30 heavy (non-hydrogen) atoms. The number of rotatable bonds is 7. The minimum atomic E-state index is -0.314. The summed E-state index contributed by atoms with van der Waals surface area (Å²) < 4.78 is 5.71. The number of ether oxygens (including phenoxy) is 1. The van der Waals surface area contributed by atoms with E-state index in [9.17, 15) is 14.4 Å². The molecular formula is C23H33N3O4. The van der Waals surface area contributed by atoms with Crippen molar-refractivity contribution in [3.8, 4) is 5.75 Å². The average molecular weight is 416 g/mol. The summed E-state index contributed by atoms with van der Waals surface area (Å²) in [5.41, 5.74) is 0.739. The minimum absolute atomic E-state index is 0.00873. The van der Waals surface area contributed by atoms with Gasteiger partial charge in [0.2, 0.25) is 11.8 Å². The van der Waals surface area contributed by atoms with E-state index in [0.717, 1.165) is 31.4 Å². The molecule has 3 atom stereocenters. The molecule has 0 unspecified atom stereocenters. The quantitative estimate of drug-likeness (QED) is 0.743. The predicted molar refractivity (Wildman–Crippen MR) is 115 cm³/mol. The number of carbonyl (C=O) groups excluding carboxylic acids is 3. The van der Waals surface area contributed by atoms with Gasteiger partial charge in [-0.15, -0.1) is 0 Å². The van der Waals surface area contributed by atoms with Crippen molar-refractivity contribution < 1.29 is 19.1 Å². The topological polar surface area (TPSA) is 79.0 Å². The summed E-state index contributed by atoms with van der Waals surface area (Å²) in [6.45, 7) is 7.20. The van der Waals surface area contributed by atoms with Crippen LogP contribution in [0.1, 0.15) is 52.9 Å². The Kier molecular flexibility index (Phi) is 7.34. The zero-order valence-electron chi connectivity index (χ0n) is 18.2. The molecule has 164 valence electrons. The minimum Gasteiger partial charge on any atom is -0.484 e. The van der Waals surface area contributed by atoms with Gasteiger partial charge in [0.05, 0.1) is 5.92 Å². The van der Waals surface area contributed by atoms with Gasteiger partial charge in [-0.1, -0.05) is 6.92 Å². The van der Waals surface area contributed by atoms with Gasteiger partial charge in [0.15, 0.2) is 6.61 Å². The normalized spacial score (nSPS) is 24.1. The maximum atomic E-state index is 12.6. The van der Waals surface area contributed by atoms with E-state index >= 15 is 0 Å². The number of piperidine rings is 1. The van der Waals surface area contributed by atoms with Crippen LogP contribution in [0.3, 0.4) is 0 Å². The molecule has 0 bridgehead atoms. The fraction of sp³-hybridized carbons (Fsp3) is 0.609. The van der Waals surface area contributed by atoms with Crippen LogP contribution in [-0.2, 0) is 14.4 Å². The molecule has 3 rings (SSSR count). The van der Waals surface area contributed by atoms with Gasteiger partial charge >= 0.3 is 0 Å². The van der Waals surface area contributed by atoms with Gasteiger partial charge in [-0.3, -0.25) is 14.4 Å². The highest BCUT2D eigenvalue weighted by Crippen LogP contribution is 2.27. The van der Waals surface area contributed by atoms with Gasteiger partial charge in [-0.25, -0.2) is 0 Å². The van der Waals surface area contributed by atoms with E-state index in [0.29, 0.717) is 18.8 Å². The summed E-state index contributed by atoms with van der Waals surface area (Å²) in [4.78, 5) is 40.7. The number of hydrogen-bond donors (Lipinski definition) is 1. The van der Waals surface area contributed by atoms with Gasteiger partial charge in [-0.05, 0) is 63.8 Å². The second-order valence-electron chi connectivity index (χ2n) is 8.41. The summed E-state index contributed by atoms with van der Waals surface area (Å²) in [5.74, 6) is 0.171. The van der Waals surface area contributed by atoms with Crippen molar-refractivity contribution in [2.75, 3.05) is 24.6 Å². The van der Waals surface area contributed by atoms with E-state index < -0.39 is 0 Å². The van der Waals surface area contributed by atoms with E-state index in [1.165, 1.54) is 0 Å². The van der Waals surface area contributed by atoms with Crippen molar-refractivity contribution in [3.63, 3.8) is 0 Å². The molecule has 0 saturated carbocycles. The summed E-state index contributed by atoms with van der Waals surface area (Å²) in [6.07, 6.45) is 4.33. The molecule has 7 heteroatoms. The van der Waals surface area contributed by atoms with E-state index in [4.69, 9.17) is 4.74 Å². The number of amides is 3. The van der Waals surface area contributed by atoms with Crippen molar-refractivity contribution in [2.45, 2.75) is 65.0 Å². The van der Waals surface area contributed by atoms with Crippen molar-refractivity contribution in [1.29, 1.82) is 0 Å². The van der Waals surface area contributed by atoms with Gasteiger partial charge in [-0.2, -0.15) is 0 Å². The Morgan fingerprint density at radius 1 is 1.13 bits per heavy atom. The third-order valence-corrected chi connectivity index (χ3v) is 6.04. The van der Waals surface area contributed by atoms with E-state index in [-0.39, 0.29) is 48.8 Å². The largest absolute Gasteiger partial charge is 0.484 e. The highest BCUT2D eigenvalue weighted by atomic mass is 16.5. The fourth-order valence-corrected chi connectivity index (χ4v) is 4.38. The van der Waals surface area contributed by atoms with E-state index in [2.05, 4.69) is 19.2 Å². The Balaban J connectivity index is 1.54. The first-order chi connectivity index (χ1) is 14.4. The lowest BCUT2D eigenvalue weighted by atomic mass is 9.97. The molecule has 0 spiro atoms. The molecular weight excluding hydrogens is 382 g/mol. The van der Waals surface area contributed by atoms with Gasteiger partial charge in [0.25, 0.3) is 5.91 Å². The van der Waals surface area contributed by atoms with E-state index in [1.807, 2.05) is 11.8 Å². The molecule has 2 aliphatic heterocycles. The van der Waals surface area contributed by atoms with Crippen LogP contribution < -0.4 is 15.0 Å². The highest BCUT2D eigenvalue weighted by molar-refractivity contribution is 6.00. The first kappa shape index (κ1) is 22.1. The van der Waals surface area contributed by atoms with Crippen LogP contribution >= 0.6 is 0 Å². The number of hydrogen-bond acceptors (Lipinski definition) is 4. The molecule has 2 fully saturated rings. The number of benzene rings is 1. The lowest BCUT2D eigenvalue weighted by Crippen LogP contribution is -2.49. The van der Waals surface area contributed by atoms with Gasteiger partial charge < -0.3 is 19.9 Å². The average Bonchev–Trinajstić information content (AvgIpc) is 3.12. The van der Waals surface area contributed by atoms with Gasteiger partial charge in [0.1, 0.15) is 5.75 Å². The van der Waals surface area contributed by atoms with Crippen molar-refractivity contribution in [3.05, 3.63) is 24.3 Å². The molecule has 1 aromatic carbocycles. The van der Waals surface area contributed by atoms with Crippen LogP contribution in [0.15, 0.2) is 24.3 Å². The molecule has 2 aliphatic rings. The molecule has 2 heterocycles. The Labute approximate surface area is 178 Å². The zero-order chi connectivity index (χ0) is 21.7. The number of nitrogens with one attached hydrogen (secondary N) is 1. The molecule has 2 saturated heterocycles. The lowest BCUT2D eigenvalue weighted by Gasteiger charge is -2.38. The summed E-state index contributed by atoms with van der Waals surface area (Å²) in [7, 11) is 0. The van der Waals surface area contributed by atoms with Crippen LogP contribution in [0.25, 0.3) is 0 Å².